The summed E-state index contributed by atoms with van der Waals surface area (Å²) in [6.45, 7) is 7.10. The minimum Gasteiger partial charge on any atom is -0.103 e. The first-order valence-corrected chi connectivity index (χ1v) is 17.4. The Balaban J connectivity index is 1.80. The summed E-state index contributed by atoms with van der Waals surface area (Å²) in [6.07, 6.45) is 31.2. The Morgan fingerprint density at radius 3 is 1.71 bits per heavy atom. The lowest BCUT2D eigenvalue weighted by Crippen LogP contribution is -2.29. The van der Waals surface area contributed by atoms with Gasteiger partial charge in [-0.05, 0) is 90.5 Å². The van der Waals surface area contributed by atoms with E-state index in [1.807, 2.05) is 0 Å². The van der Waals surface area contributed by atoms with Gasteiger partial charge in [0.15, 0.2) is 0 Å². The minimum absolute atomic E-state index is 0.413. The third-order valence-corrected chi connectivity index (χ3v) is 13.4. The smallest absolute Gasteiger partial charge is 0.0340 e. The molecule has 0 aromatic heterocycles. The second kappa shape index (κ2) is 13.9. The number of allylic oxidation sites excluding steroid dienone is 4. The van der Waals surface area contributed by atoms with E-state index in [2.05, 4.69) is 51.1 Å². The average molecular weight is 511 g/mol. The molecule has 2 atom stereocenters. The molecule has 2 unspecified atom stereocenters. The molecule has 0 saturated heterocycles. The number of hydrogen-bond donors (Lipinski definition) is 0. The van der Waals surface area contributed by atoms with Crippen LogP contribution in [-0.4, -0.2) is 16.2 Å². The summed E-state index contributed by atoms with van der Waals surface area (Å²) >= 11 is 0. The maximum Gasteiger partial charge on any atom is 0.0340 e. The Hall–Kier alpha value is -0.440. The van der Waals surface area contributed by atoms with Crippen molar-refractivity contribution in [3.05, 3.63) is 52.6 Å². The van der Waals surface area contributed by atoms with E-state index in [0.717, 1.165) is 28.5 Å². The predicted molar refractivity (Wildman–Crippen MR) is 163 cm³/mol. The van der Waals surface area contributed by atoms with Crippen LogP contribution < -0.4 is 0 Å². The number of rotatable bonds is 11. The number of aryl methyl sites for hydroxylation is 3. The van der Waals surface area contributed by atoms with Crippen molar-refractivity contribution < 1.29 is 0 Å². The first kappa shape index (κ1) is 27.6. The second-order valence-corrected chi connectivity index (χ2v) is 16.0. The first-order chi connectivity index (χ1) is 17.2. The summed E-state index contributed by atoms with van der Waals surface area (Å²) in [5.41, 5.74) is 10.4. The predicted octanol–water partition coefficient (Wildman–Crippen LogP) is 10.6. The van der Waals surface area contributed by atoms with Crippen LogP contribution >= 0.6 is 17.2 Å². The van der Waals surface area contributed by atoms with Gasteiger partial charge in [0, 0.05) is 4.90 Å². The molecule has 1 aromatic rings. The Bertz CT molecular complexity index is 805. The zero-order valence-electron chi connectivity index (χ0n) is 23.1. The Morgan fingerprint density at radius 2 is 1.23 bits per heavy atom. The highest BCUT2D eigenvalue weighted by molar-refractivity contribution is 7.61. The van der Waals surface area contributed by atoms with Gasteiger partial charge in [0.2, 0.25) is 0 Å². The topological polar surface area (TPSA) is 0 Å². The Labute approximate surface area is 221 Å². The van der Waals surface area contributed by atoms with E-state index in [-0.39, 0.29) is 0 Å². The van der Waals surface area contributed by atoms with Crippen LogP contribution in [0.25, 0.3) is 5.57 Å². The van der Waals surface area contributed by atoms with Crippen LogP contribution in [0.15, 0.2) is 30.4 Å². The maximum absolute atomic E-state index is 2.62. The highest BCUT2D eigenvalue weighted by Crippen LogP contribution is 2.64. The fraction of sp³-hybridized carbons (Fsp3) is 0.697. The highest BCUT2D eigenvalue weighted by Gasteiger charge is 2.41. The van der Waals surface area contributed by atoms with Crippen LogP contribution in [-0.2, 0) is 19.3 Å². The summed E-state index contributed by atoms with van der Waals surface area (Å²) in [5.74, 6) is 0. The molecule has 0 nitrogen and oxygen atoms in total. The monoisotopic (exact) mass is 510 g/mol. The van der Waals surface area contributed by atoms with Gasteiger partial charge in [-0.2, -0.15) is 0 Å². The molecule has 2 saturated carbocycles. The SMILES string of the molecule is CCCc1cc(CCC)c(C2=CC=CCC2(PC2CCCCC2)PC2CCCCC2)c(CCC)c1. The maximum atomic E-state index is 2.62. The lowest BCUT2D eigenvalue weighted by molar-refractivity contribution is 0.508. The molecule has 3 aliphatic carbocycles. The van der Waals surface area contributed by atoms with E-state index in [0.29, 0.717) is 4.90 Å². The summed E-state index contributed by atoms with van der Waals surface area (Å²) in [7, 11) is 2.24. The van der Waals surface area contributed by atoms with Gasteiger partial charge in [0.05, 0.1) is 0 Å². The summed E-state index contributed by atoms with van der Waals surface area (Å²) < 4.78 is 0. The zero-order chi connectivity index (χ0) is 24.5. The van der Waals surface area contributed by atoms with E-state index in [1.54, 1.807) is 27.8 Å². The van der Waals surface area contributed by atoms with E-state index >= 15 is 0 Å². The minimum atomic E-state index is 0.413. The molecule has 0 N–H and O–H groups in total. The van der Waals surface area contributed by atoms with Gasteiger partial charge in [-0.3, -0.25) is 0 Å². The molecule has 0 spiro atoms. The fourth-order valence-electron chi connectivity index (χ4n) is 7.02. The van der Waals surface area contributed by atoms with E-state index in [4.69, 9.17) is 0 Å². The van der Waals surface area contributed by atoms with Gasteiger partial charge < -0.3 is 0 Å². The molecule has 2 fully saturated rings. The van der Waals surface area contributed by atoms with Crippen LogP contribution in [0.4, 0.5) is 0 Å². The second-order valence-electron chi connectivity index (χ2n) is 11.6. The number of hydrogen-bond acceptors (Lipinski definition) is 0. The molecule has 194 valence electrons. The van der Waals surface area contributed by atoms with Crippen molar-refractivity contribution in [3.8, 4) is 0 Å². The van der Waals surface area contributed by atoms with Crippen LogP contribution in [0, 0.1) is 0 Å². The van der Waals surface area contributed by atoms with Gasteiger partial charge in [0.1, 0.15) is 0 Å². The molecule has 35 heavy (non-hydrogen) atoms. The van der Waals surface area contributed by atoms with E-state index in [1.165, 1.54) is 109 Å². The molecule has 0 bridgehead atoms. The van der Waals surface area contributed by atoms with Crippen molar-refractivity contribution >= 4 is 22.7 Å². The standard InChI is InChI=1S/C33H52P2/c1-4-15-26-24-27(16-5-2)32(28(25-26)17-6-3)31-22-13-14-23-33(31,34-29-18-9-7-10-19-29)35-30-20-11-8-12-21-30/h13-14,22,24-25,29-30,34-35H,4-12,15-21,23H2,1-3H3. The van der Waals surface area contributed by atoms with Gasteiger partial charge in [0.25, 0.3) is 0 Å². The molecule has 0 heterocycles. The van der Waals surface area contributed by atoms with Crippen molar-refractivity contribution in [2.24, 2.45) is 0 Å². The van der Waals surface area contributed by atoms with Crippen molar-refractivity contribution in [1.29, 1.82) is 0 Å². The molecular weight excluding hydrogens is 458 g/mol. The molecule has 4 rings (SSSR count). The third kappa shape index (κ3) is 7.11. The molecule has 0 aliphatic heterocycles. The molecular formula is C33H52P2. The van der Waals surface area contributed by atoms with Gasteiger partial charge >= 0.3 is 0 Å². The van der Waals surface area contributed by atoms with E-state index < -0.39 is 0 Å². The third-order valence-electron chi connectivity index (χ3n) is 8.60. The zero-order valence-corrected chi connectivity index (χ0v) is 25.1. The van der Waals surface area contributed by atoms with Crippen LogP contribution in [0.5, 0.6) is 0 Å². The lowest BCUT2D eigenvalue weighted by Gasteiger charge is -2.45. The average Bonchev–Trinajstić information content (AvgIpc) is 2.87. The molecule has 2 heteroatoms. The van der Waals surface area contributed by atoms with Crippen LogP contribution in [0.2, 0.25) is 0 Å². The molecule has 0 radical (unpaired) electrons. The molecule has 0 amide bonds. The Morgan fingerprint density at radius 1 is 0.714 bits per heavy atom. The molecule has 3 aliphatic rings. The quantitative estimate of drug-likeness (QED) is 0.260. The van der Waals surface area contributed by atoms with Crippen molar-refractivity contribution in [2.45, 2.75) is 146 Å². The first-order valence-electron chi connectivity index (χ1n) is 15.3. The highest BCUT2D eigenvalue weighted by atomic mass is 31.1. The van der Waals surface area contributed by atoms with Gasteiger partial charge in [-0.15, -0.1) is 17.2 Å². The lowest BCUT2D eigenvalue weighted by atomic mass is 9.84. The van der Waals surface area contributed by atoms with E-state index in [9.17, 15) is 0 Å². The van der Waals surface area contributed by atoms with Crippen molar-refractivity contribution in [3.63, 3.8) is 0 Å². The molecule has 1 aromatic carbocycles. The normalized spacial score (nSPS) is 24.7. The van der Waals surface area contributed by atoms with Crippen molar-refractivity contribution in [2.75, 3.05) is 0 Å². The fourth-order valence-corrected chi connectivity index (χ4v) is 12.6. The van der Waals surface area contributed by atoms with Gasteiger partial charge in [-0.25, -0.2) is 0 Å². The van der Waals surface area contributed by atoms with Crippen LogP contribution in [0.1, 0.15) is 133 Å². The van der Waals surface area contributed by atoms with Crippen LogP contribution in [0.3, 0.4) is 0 Å². The largest absolute Gasteiger partial charge is 0.103 e. The summed E-state index contributed by atoms with van der Waals surface area (Å²) in [4.78, 5) is 0.413. The Kier molecular flexibility index (Phi) is 11.0. The summed E-state index contributed by atoms with van der Waals surface area (Å²) in [5, 5.41) is 0. The number of benzene rings is 1. The van der Waals surface area contributed by atoms with Gasteiger partial charge in [-0.1, -0.05) is 109 Å². The summed E-state index contributed by atoms with van der Waals surface area (Å²) in [6, 6.07) is 5.25. The van der Waals surface area contributed by atoms with Crippen molar-refractivity contribution in [1.82, 2.24) is 0 Å².